The minimum atomic E-state index is -0.600. The number of anilines is 1. The summed E-state index contributed by atoms with van der Waals surface area (Å²) >= 11 is 0. The molecular formula is C14H19FN2O2. The average Bonchev–Trinajstić information content (AvgIpc) is 2.44. The highest BCUT2D eigenvalue weighted by Crippen LogP contribution is 2.31. The van der Waals surface area contributed by atoms with Crippen LogP contribution in [0.1, 0.15) is 18.4 Å². The number of nitrogens with two attached hydrogens (primary N) is 1. The smallest absolute Gasteiger partial charge is 0.232 e. The van der Waals surface area contributed by atoms with E-state index in [1.54, 1.807) is 19.1 Å². The van der Waals surface area contributed by atoms with E-state index >= 15 is 0 Å². The second kappa shape index (κ2) is 5.67. The van der Waals surface area contributed by atoms with Gasteiger partial charge in [0.05, 0.1) is 5.41 Å². The van der Waals surface area contributed by atoms with E-state index in [0.29, 0.717) is 37.3 Å². The maximum absolute atomic E-state index is 13.5. The Morgan fingerprint density at radius 1 is 1.47 bits per heavy atom. The van der Waals surface area contributed by atoms with Crippen LogP contribution in [0.25, 0.3) is 0 Å². The first kappa shape index (κ1) is 14.0. The van der Waals surface area contributed by atoms with Gasteiger partial charge in [-0.25, -0.2) is 4.39 Å². The van der Waals surface area contributed by atoms with Crippen molar-refractivity contribution in [1.82, 2.24) is 0 Å². The molecule has 0 radical (unpaired) electrons. The highest BCUT2D eigenvalue weighted by atomic mass is 19.1. The molecule has 2 rings (SSSR count). The first-order valence-corrected chi connectivity index (χ1v) is 6.43. The molecule has 19 heavy (non-hydrogen) atoms. The van der Waals surface area contributed by atoms with Crippen molar-refractivity contribution in [2.24, 2.45) is 11.1 Å². The number of ether oxygens (including phenoxy) is 1. The summed E-state index contributed by atoms with van der Waals surface area (Å²) < 4.78 is 18.7. The van der Waals surface area contributed by atoms with Gasteiger partial charge in [-0.2, -0.15) is 0 Å². The van der Waals surface area contributed by atoms with E-state index in [1.807, 2.05) is 0 Å². The van der Waals surface area contributed by atoms with Crippen LogP contribution < -0.4 is 11.1 Å². The van der Waals surface area contributed by atoms with Gasteiger partial charge in [-0.05, 0) is 31.9 Å². The van der Waals surface area contributed by atoms with Crippen LogP contribution in [-0.2, 0) is 9.53 Å². The Morgan fingerprint density at radius 3 is 2.79 bits per heavy atom. The molecule has 104 valence electrons. The summed E-state index contributed by atoms with van der Waals surface area (Å²) in [6, 6.07) is 4.65. The van der Waals surface area contributed by atoms with Crippen LogP contribution in [0.5, 0.6) is 0 Å². The van der Waals surface area contributed by atoms with E-state index in [9.17, 15) is 9.18 Å². The van der Waals surface area contributed by atoms with E-state index in [4.69, 9.17) is 10.5 Å². The third-order valence-electron chi connectivity index (χ3n) is 3.84. The molecule has 1 heterocycles. The summed E-state index contributed by atoms with van der Waals surface area (Å²) in [4.78, 5) is 12.4. The Hall–Kier alpha value is -1.46. The molecule has 3 N–H and O–H groups in total. The fourth-order valence-corrected chi connectivity index (χ4v) is 2.28. The summed E-state index contributed by atoms with van der Waals surface area (Å²) in [5, 5.41) is 2.80. The van der Waals surface area contributed by atoms with Gasteiger partial charge in [0, 0.05) is 31.0 Å². The van der Waals surface area contributed by atoms with Crippen LogP contribution in [0, 0.1) is 18.2 Å². The molecule has 4 nitrogen and oxygen atoms in total. The zero-order chi connectivity index (χ0) is 13.9. The number of carbonyl (C=O) groups excluding carboxylic acids is 1. The van der Waals surface area contributed by atoms with Gasteiger partial charge in [-0.15, -0.1) is 0 Å². The van der Waals surface area contributed by atoms with Crippen molar-refractivity contribution in [1.29, 1.82) is 0 Å². The molecule has 1 aromatic carbocycles. The van der Waals surface area contributed by atoms with Crippen molar-refractivity contribution in [3.8, 4) is 0 Å². The van der Waals surface area contributed by atoms with Crippen LogP contribution in [0.4, 0.5) is 10.1 Å². The molecule has 0 aliphatic carbocycles. The van der Waals surface area contributed by atoms with Crippen molar-refractivity contribution in [3.05, 3.63) is 29.6 Å². The highest BCUT2D eigenvalue weighted by molar-refractivity contribution is 5.96. The lowest BCUT2D eigenvalue weighted by Crippen LogP contribution is -2.46. The Kier molecular flexibility index (Phi) is 4.17. The van der Waals surface area contributed by atoms with Gasteiger partial charge in [-0.1, -0.05) is 6.07 Å². The minimum absolute atomic E-state index is 0.146. The number of amides is 1. The average molecular weight is 266 g/mol. The molecular weight excluding hydrogens is 247 g/mol. The number of nitrogens with one attached hydrogen (secondary N) is 1. The highest BCUT2D eigenvalue weighted by Gasteiger charge is 2.38. The van der Waals surface area contributed by atoms with Crippen LogP contribution in [0.3, 0.4) is 0 Å². The second-order valence-electron chi connectivity index (χ2n) is 4.96. The molecule has 0 unspecified atom stereocenters. The van der Waals surface area contributed by atoms with Crippen molar-refractivity contribution < 1.29 is 13.9 Å². The van der Waals surface area contributed by atoms with E-state index in [2.05, 4.69) is 5.32 Å². The predicted octanol–water partition coefficient (Wildman–Crippen LogP) is 1.83. The molecule has 1 aromatic rings. The van der Waals surface area contributed by atoms with E-state index < -0.39 is 5.41 Å². The predicted molar refractivity (Wildman–Crippen MR) is 71.3 cm³/mol. The third-order valence-corrected chi connectivity index (χ3v) is 3.84. The van der Waals surface area contributed by atoms with Crippen molar-refractivity contribution in [2.75, 3.05) is 25.1 Å². The molecule has 0 atom stereocenters. The summed E-state index contributed by atoms with van der Waals surface area (Å²) in [5.41, 5.74) is 6.11. The second-order valence-corrected chi connectivity index (χ2v) is 4.96. The number of carbonyl (C=O) groups is 1. The lowest BCUT2D eigenvalue weighted by molar-refractivity contribution is -0.130. The van der Waals surface area contributed by atoms with Gasteiger partial charge in [-0.3, -0.25) is 4.79 Å². The van der Waals surface area contributed by atoms with Crippen molar-refractivity contribution in [2.45, 2.75) is 19.8 Å². The largest absolute Gasteiger partial charge is 0.381 e. The molecule has 1 fully saturated rings. The van der Waals surface area contributed by atoms with Crippen LogP contribution >= 0.6 is 0 Å². The summed E-state index contributed by atoms with van der Waals surface area (Å²) in [5.74, 6) is -0.474. The zero-order valence-corrected chi connectivity index (χ0v) is 11.0. The zero-order valence-electron chi connectivity index (χ0n) is 11.0. The normalized spacial score (nSPS) is 18.1. The molecule has 1 aliphatic heterocycles. The lowest BCUT2D eigenvalue weighted by atomic mass is 9.79. The van der Waals surface area contributed by atoms with Crippen LogP contribution in [-0.4, -0.2) is 25.7 Å². The Labute approximate surface area is 112 Å². The van der Waals surface area contributed by atoms with Gasteiger partial charge >= 0.3 is 0 Å². The molecule has 1 saturated heterocycles. The quantitative estimate of drug-likeness (QED) is 0.877. The number of halogens is 1. The maximum Gasteiger partial charge on any atom is 0.232 e. The Morgan fingerprint density at radius 2 is 2.16 bits per heavy atom. The third kappa shape index (κ3) is 2.77. The van der Waals surface area contributed by atoms with Gasteiger partial charge in [0.2, 0.25) is 5.91 Å². The Bertz CT molecular complexity index is 471. The summed E-state index contributed by atoms with van der Waals surface area (Å²) in [7, 11) is 0. The number of rotatable bonds is 3. The van der Waals surface area contributed by atoms with E-state index in [0.717, 1.165) is 0 Å². The van der Waals surface area contributed by atoms with E-state index in [-0.39, 0.29) is 18.3 Å². The summed E-state index contributed by atoms with van der Waals surface area (Å²) in [6.07, 6.45) is 1.20. The van der Waals surface area contributed by atoms with Crippen LogP contribution in [0.2, 0.25) is 0 Å². The standard InChI is InChI=1S/C14H19FN2O2/c1-10-11(15)3-2-4-12(10)17-13(18)14(9-16)5-7-19-8-6-14/h2-4H,5-9,16H2,1H3,(H,17,18). The Balaban J connectivity index is 2.17. The first-order valence-electron chi connectivity index (χ1n) is 6.43. The number of hydrogen-bond donors (Lipinski definition) is 2. The summed E-state index contributed by atoms with van der Waals surface area (Å²) in [6.45, 7) is 2.99. The first-order chi connectivity index (χ1) is 9.09. The van der Waals surface area contributed by atoms with Gasteiger partial charge in [0.15, 0.2) is 0 Å². The molecule has 0 bridgehead atoms. The molecule has 0 spiro atoms. The topological polar surface area (TPSA) is 64.4 Å². The molecule has 0 saturated carbocycles. The van der Waals surface area contributed by atoms with Crippen molar-refractivity contribution in [3.63, 3.8) is 0 Å². The minimum Gasteiger partial charge on any atom is -0.381 e. The molecule has 1 aliphatic rings. The number of hydrogen-bond acceptors (Lipinski definition) is 3. The molecule has 0 aromatic heterocycles. The van der Waals surface area contributed by atoms with E-state index in [1.165, 1.54) is 6.07 Å². The molecule has 5 heteroatoms. The lowest BCUT2D eigenvalue weighted by Gasteiger charge is -2.34. The van der Waals surface area contributed by atoms with Crippen LogP contribution in [0.15, 0.2) is 18.2 Å². The fraction of sp³-hybridized carbons (Fsp3) is 0.500. The SMILES string of the molecule is Cc1c(F)cccc1NC(=O)C1(CN)CCOCC1. The van der Waals surface area contributed by atoms with Crippen molar-refractivity contribution >= 4 is 11.6 Å². The van der Waals surface area contributed by atoms with Gasteiger partial charge in [0.25, 0.3) is 0 Å². The maximum atomic E-state index is 13.5. The van der Waals surface area contributed by atoms with Gasteiger partial charge < -0.3 is 15.8 Å². The fourth-order valence-electron chi connectivity index (χ4n) is 2.28. The van der Waals surface area contributed by atoms with Gasteiger partial charge in [0.1, 0.15) is 5.82 Å². The number of benzene rings is 1. The molecule has 1 amide bonds. The monoisotopic (exact) mass is 266 g/mol.